The number of nitrogens with zero attached hydrogens (tertiary/aromatic N) is 2. The molecule has 0 aliphatic carbocycles. The number of fused-ring (bicyclic) bond motifs is 2. The van der Waals surface area contributed by atoms with E-state index in [4.69, 9.17) is 9.47 Å². The zero-order valence-electron chi connectivity index (χ0n) is 30.5. The molecule has 0 unspecified atom stereocenters. The zero-order chi connectivity index (χ0) is 37.4. The van der Waals surface area contributed by atoms with Gasteiger partial charge >= 0.3 is 6.03 Å². The van der Waals surface area contributed by atoms with Crippen LogP contribution in [-0.4, -0.2) is 86.3 Å². The molecule has 3 N–H and O–H groups in total. The van der Waals surface area contributed by atoms with Crippen molar-refractivity contribution >= 4 is 44.1 Å². The average molecular weight is 731 g/mol. The van der Waals surface area contributed by atoms with Gasteiger partial charge in [-0.25, -0.2) is 13.2 Å². The van der Waals surface area contributed by atoms with Gasteiger partial charge in [0.2, 0.25) is 10.0 Å². The molecule has 1 aliphatic heterocycles. The first kappa shape index (κ1) is 38.7. The van der Waals surface area contributed by atoms with Gasteiger partial charge in [-0.05, 0) is 81.8 Å². The summed E-state index contributed by atoms with van der Waals surface area (Å²) in [4.78, 5) is 29.5. The van der Waals surface area contributed by atoms with E-state index in [1.165, 1.54) is 11.4 Å². The molecule has 0 spiro atoms. The fraction of sp³-hybridized carbons (Fsp3) is 0.400. The molecule has 1 aliphatic rings. The Morgan fingerprint density at radius 1 is 1.00 bits per heavy atom. The Kier molecular flexibility index (Phi) is 12.9. The molecule has 0 radical (unpaired) electrons. The summed E-state index contributed by atoms with van der Waals surface area (Å²) in [6.45, 7) is 7.86. The Balaban J connectivity index is 1.41. The lowest BCUT2D eigenvalue weighted by atomic mass is 10.0. The second kappa shape index (κ2) is 17.4. The number of sulfonamides is 1. The van der Waals surface area contributed by atoms with Gasteiger partial charge < -0.3 is 30.1 Å². The van der Waals surface area contributed by atoms with Crippen LogP contribution in [0, 0.1) is 12.8 Å². The Labute approximate surface area is 307 Å². The fourth-order valence-electron chi connectivity index (χ4n) is 6.32. The first-order valence-electron chi connectivity index (χ1n) is 17.8. The summed E-state index contributed by atoms with van der Waals surface area (Å²) >= 11 is 0. The number of urea groups is 1. The van der Waals surface area contributed by atoms with Gasteiger partial charge in [0.1, 0.15) is 5.75 Å². The number of aliphatic hydroxyl groups excluding tert-OH is 1. The van der Waals surface area contributed by atoms with Crippen molar-refractivity contribution in [1.82, 2.24) is 9.21 Å². The normalized spacial score (nSPS) is 19.7. The van der Waals surface area contributed by atoms with Gasteiger partial charge in [0.25, 0.3) is 5.91 Å². The number of anilines is 2. The van der Waals surface area contributed by atoms with Gasteiger partial charge in [-0.15, -0.1) is 0 Å². The molecule has 0 saturated carbocycles. The van der Waals surface area contributed by atoms with Crippen molar-refractivity contribution in [3.05, 3.63) is 96.1 Å². The summed E-state index contributed by atoms with van der Waals surface area (Å²) < 4.78 is 41.0. The quantitative estimate of drug-likeness (QED) is 0.179. The number of benzene rings is 4. The maximum atomic E-state index is 14.5. The van der Waals surface area contributed by atoms with E-state index in [1.54, 1.807) is 54.3 Å². The SMILES string of the molecule is Cc1ccc(S(=O)(=O)N(C)C[C@H]2OCCCC[C@H](C)Oc3ccc(NC(=O)Nc4cccc5ccccc45)cc3C(=O)N([C@H](C)CO)C[C@@H]2C)cc1. The number of carbonyl (C=O) groups is 2. The predicted molar refractivity (Wildman–Crippen MR) is 204 cm³/mol. The summed E-state index contributed by atoms with van der Waals surface area (Å²) in [7, 11) is -2.26. The van der Waals surface area contributed by atoms with Crippen LogP contribution in [0.4, 0.5) is 16.2 Å². The predicted octanol–water partition coefficient (Wildman–Crippen LogP) is 6.91. The van der Waals surface area contributed by atoms with Crippen LogP contribution in [0.25, 0.3) is 10.8 Å². The van der Waals surface area contributed by atoms with E-state index in [2.05, 4.69) is 10.6 Å². The number of aryl methyl sites for hydroxylation is 1. The van der Waals surface area contributed by atoms with Gasteiger partial charge in [0.05, 0.1) is 41.0 Å². The number of likely N-dealkylation sites (N-methyl/N-ethyl adjacent to an activating group) is 1. The van der Waals surface area contributed by atoms with Crippen molar-refractivity contribution in [2.45, 2.75) is 70.1 Å². The van der Waals surface area contributed by atoms with E-state index < -0.39 is 34.1 Å². The smallest absolute Gasteiger partial charge is 0.323 e. The molecule has 4 aromatic carbocycles. The third kappa shape index (κ3) is 9.48. The molecule has 3 amide bonds. The van der Waals surface area contributed by atoms with Gasteiger partial charge in [-0.3, -0.25) is 4.79 Å². The van der Waals surface area contributed by atoms with E-state index in [1.807, 2.05) is 63.2 Å². The van der Waals surface area contributed by atoms with E-state index in [0.29, 0.717) is 30.2 Å². The maximum absolute atomic E-state index is 14.5. The monoisotopic (exact) mass is 730 g/mol. The molecule has 1 heterocycles. The molecule has 0 aromatic heterocycles. The molecule has 0 fully saturated rings. The number of hydrogen-bond donors (Lipinski definition) is 3. The molecule has 0 bridgehead atoms. The fourth-order valence-corrected chi connectivity index (χ4v) is 7.51. The van der Waals surface area contributed by atoms with Crippen LogP contribution in [0.15, 0.2) is 89.8 Å². The minimum absolute atomic E-state index is 0.0723. The number of hydrogen-bond acceptors (Lipinski definition) is 7. The van der Waals surface area contributed by atoms with Crippen LogP contribution in [0.5, 0.6) is 5.75 Å². The molecule has 0 saturated heterocycles. The lowest BCUT2D eigenvalue weighted by Gasteiger charge is -2.35. The second-order valence-electron chi connectivity index (χ2n) is 13.7. The van der Waals surface area contributed by atoms with Crippen molar-refractivity contribution in [2.75, 3.05) is 44.0 Å². The first-order chi connectivity index (χ1) is 24.9. The Hall–Kier alpha value is -4.49. The number of aliphatic hydroxyl groups is 1. The minimum Gasteiger partial charge on any atom is -0.490 e. The molecule has 12 heteroatoms. The first-order valence-corrected chi connectivity index (χ1v) is 19.2. The Morgan fingerprint density at radius 3 is 2.48 bits per heavy atom. The van der Waals surface area contributed by atoms with Crippen molar-refractivity contribution in [3.8, 4) is 5.75 Å². The highest BCUT2D eigenvalue weighted by molar-refractivity contribution is 7.89. The summed E-state index contributed by atoms with van der Waals surface area (Å²) in [5, 5.41) is 18.0. The summed E-state index contributed by atoms with van der Waals surface area (Å²) in [5.41, 5.74) is 2.22. The van der Waals surface area contributed by atoms with E-state index in [9.17, 15) is 23.1 Å². The minimum atomic E-state index is -3.80. The van der Waals surface area contributed by atoms with Crippen molar-refractivity contribution in [1.29, 1.82) is 0 Å². The molecule has 11 nitrogen and oxygen atoms in total. The van der Waals surface area contributed by atoms with E-state index in [-0.39, 0.29) is 42.2 Å². The Morgan fingerprint density at radius 2 is 1.73 bits per heavy atom. The molecular weight excluding hydrogens is 681 g/mol. The maximum Gasteiger partial charge on any atom is 0.323 e. The van der Waals surface area contributed by atoms with Crippen molar-refractivity contribution in [2.24, 2.45) is 5.92 Å². The van der Waals surface area contributed by atoms with Gasteiger partial charge in [-0.2, -0.15) is 4.31 Å². The highest BCUT2D eigenvalue weighted by Crippen LogP contribution is 2.30. The van der Waals surface area contributed by atoms with Crippen molar-refractivity contribution in [3.63, 3.8) is 0 Å². The number of nitrogens with one attached hydrogen (secondary N) is 2. The average Bonchev–Trinajstić information content (AvgIpc) is 3.13. The standard InChI is InChI=1S/C40H50N4O7S/c1-27-16-19-33(20-17-27)52(48,49)43(5)25-38-28(2)24-44(29(3)26-45)39(46)35-23-32(18-21-37(35)51-30(4)11-8-9-22-50-38)41-40(47)42-36-15-10-13-31-12-6-7-14-34(31)36/h6-7,10,12-21,23,28-30,38,45H,8-9,11,22,24-26H2,1-5H3,(H2,41,42,47)/t28-,29+,30-,38+/m0/s1. The van der Waals surface area contributed by atoms with Crippen LogP contribution < -0.4 is 15.4 Å². The second-order valence-corrected chi connectivity index (χ2v) is 15.8. The topological polar surface area (TPSA) is 138 Å². The van der Waals surface area contributed by atoms with Crippen LogP contribution in [0.2, 0.25) is 0 Å². The van der Waals surface area contributed by atoms with Gasteiger partial charge in [0, 0.05) is 43.7 Å². The van der Waals surface area contributed by atoms with E-state index >= 15 is 0 Å². The number of amides is 3. The lowest BCUT2D eigenvalue weighted by Crippen LogP contribution is -2.48. The summed E-state index contributed by atoms with van der Waals surface area (Å²) in [6.07, 6.45) is 1.46. The number of rotatable bonds is 8. The van der Waals surface area contributed by atoms with Gasteiger partial charge in [-0.1, -0.05) is 61.0 Å². The van der Waals surface area contributed by atoms with Crippen LogP contribution in [0.3, 0.4) is 0 Å². The molecule has 5 rings (SSSR count). The molecular formula is C40H50N4O7S. The van der Waals surface area contributed by atoms with Crippen LogP contribution >= 0.6 is 0 Å². The van der Waals surface area contributed by atoms with E-state index in [0.717, 1.165) is 29.2 Å². The largest absolute Gasteiger partial charge is 0.490 e. The third-order valence-electron chi connectivity index (χ3n) is 9.51. The van der Waals surface area contributed by atoms with Crippen molar-refractivity contribution < 1.29 is 32.6 Å². The number of carbonyl (C=O) groups excluding carboxylic acids is 2. The summed E-state index contributed by atoms with van der Waals surface area (Å²) in [5.74, 6) is -0.355. The third-order valence-corrected chi connectivity index (χ3v) is 11.4. The Bertz CT molecular complexity index is 1950. The zero-order valence-corrected chi connectivity index (χ0v) is 31.4. The lowest BCUT2D eigenvalue weighted by molar-refractivity contribution is -0.00833. The molecule has 52 heavy (non-hydrogen) atoms. The molecule has 4 atom stereocenters. The number of ether oxygens (including phenoxy) is 2. The highest BCUT2D eigenvalue weighted by Gasteiger charge is 2.32. The highest BCUT2D eigenvalue weighted by atomic mass is 32.2. The summed E-state index contributed by atoms with van der Waals surface area (Å²) in [6, 6.07) is 24.1. The van der Waals surface area contributed by atoms with Crippen LogP contribution in [-0.2, 0) is 14.8 Å². The van der Waals surface area contributed by atoms with Gasteiger partial charge in [0.15, 0.2) is 0 Å². The molecule has 4 aromatic rings. The molecule has 278 valence electrons. The van der Waals surface area contributed by atoms with Crippen LogP contribution in [0.1, 0.15) is 56.0 Å².